The summed E-state index contributed by atoms with van der Waals surface area (Å²) in [5, 5.41) is 0. The molecule has 1 atom stereocenters. The summed E-state index contributed by atoms with van der Waals surface area (Å²) in [6.45, 7) is 7.00. The van der Waals surface area contributed by atoms with Crippen molar-refractivity contribution in [2.24, 2.45) is 5.73 Å². The van der Waals surface area contributed by atoms with Gasteiger partial charge in [-0.2, -0.15) is 0 Å². The molecule has 0 aromatic heterocycles. The Morgan fingerprint density at radius 1 is 1.24 bits per heavy atom. The molecule has 0 saturated heterocycles. The van der Waals surface area contributed by atoms with Crippen LogP contribution < -0.4 is 10.5 Å². The van der Waals surface area contributed by atoms with Gasteiger partial charge in [-0.1, -0.05) is 26.8 Å². The van der Waals surface area contributed by atoms with Crippen LogP contribution in [0.3, 0.4) is 0 Å². The topological polar surface area (TPSA) is 44.5 Å². The number of rotatable bonds is 4. The van der Waals surface area contributed by atoms with Crippen molar-refractivity contribution in [3.63, 3.8) is 0 Å². The standard InChI is InChI=1S/C14H23NO2/c1-14(2,3)10-6-7-12(16-4)11(8-10)13(9-15)17-5/h6-8,13H,9,15H2,1-5H3. The molecule has 0 saturated carbocycles. The largest absolute Gasteiger partial charge is 0.496 e. The molecule has 2 N–H and O–H groups in total. The van der Waals surface area contributed by atoms with Crippen LogP contribution in [0.1, 0.15) is 38.0 Å². The van der Waals surface area contributed by atoms with E-state index in [2.05, 4.69) is 32.9 Å². The minimum atomic E-state index is -0.118. The zero-order valence-corrected chi connectivity index (χ0v) is 11.4. The third kappa shape index (κ3) is 3.20. The van der Waals surface area contributed by atoms with Crippen molar-refractivity contribution in [1.29, 1.82) is 0 Å². The maximum absolute atomic E-state index is 5.72. The first-order valence-electron chi connectivity index (χ1n) is 5.85. The molecule has 17 heavy (non-hydrogen) atoms. The van der Waals surface area contributed by atoms with E-state index in [-0.39, 0.29) is 11.5 Å². The van der Waals surface area contributed by atoms with Gasteiger partial charge in [0.05, 0.1) is 13.2 Å². The Morgan fingerprint density at radius 2 is 1.88 bits per heavy atom. The van der Waals surface area contributed by atoms with Gasteiger partial charge in [0.2, 0.25) is 0 Å². The number of hydrogen-bond donors (Lipinski definition) is 1. The van der Waals surface area contributed by atoms with E-state index < -0.39 is 0 Å². The summed E-state index contributed by atoms with van der Waals surface area (Å²) < 4.78 is 10.8. The van der Waals surface area contributed by atoms with Crippen LogP contribution in [0.15, 0.2) is 18.2 Å². The first kappa shape index (κ1) is 14.0. The van der Waals surface area contributed by atoms with Gasteiger partial charge >= 0.3 is 0 Å². The lowest BCUT2D eigenvalue weighted by atomic mass is 9.85. The minimum absolute atomic E-state index is 0.105. The van der Waals surface area contributed by atoms with Crippen molar-refractivity contribution in [1.82, 2.24) is 0 Å². The van der Waals surface area contributed by atoms with Crippen LogP contribution in [0.25, 0.3) is 0 Å². The monoisotopic (exact) mass is 237 g/mol. The number of nitrogens with two attached hydrogens (primary N) is 1. The predicted molar refractivity (Wildman–Crippen MR) is 70.5 cm³/mol. The molecule has 3 nitrogen and oxygen atoms in total. The average Bonchev–Trinajstić information content (AvgIpc) is 2.29. The molecule has 1 aromatic rings. The highest BCUT2D eigenvalue weighted by atomic mass is 16.5. The predicted octanol–water partition coefficient (Wildman–Crippen LogP) is 2.64. The van der Waals surface area contributed by atoms with Gasteiger partial charge in [-0.3, -0.25) is 0 Å². The molecule has 0 aliphatic heterocycles. The summed E-state index contributed by atoms with van der Waals surface area (Å²) >= 11 is 0. The summed E-state index contributed by atoms with van der Waals surface area (Å²) in [5.74, 6) is 0.829. The van der Waals surface area contributed by atoms with E-state index in [1.165, 1.54) is 5.56 Å². The lowest BCUT2D eigenvalue weighted by Gasteiger charge is -2.23. The minimum Gasteiger partial charge on any atom is -0.496 e. The van der Waals surface area contributed by atoms with E-state index in [9.17, 15) is 0 Å². The highest BCUT2D eigenvalue weighted by Crippen LogP contribution is 2.32. The average molecular weight is 237 g/mol. The fourth-order valence-corrected chi connectivity index (χ4v) is 1.80. The fraction of sp³-hybridized carbons (Fsp3) is 0.571. The number of ether oxygens (including phenoxy) is 2. The van der Waals surface area contributed by atoms with Crippen LogP contribution in [-0.4, -0.2) is 20.8 Å². The fourth-order valence-electron chi connectivity index (χ4n) is 1.80. The first-order chi connectivity index (χ1) is 7.93. The summed E-state index contributed by atoms with van der Waals surface area (Å²) in [7, 11) is 3.33. The van der Waals surface area contributed by atoms with Crippen molar-refractivity contribution in [3.8, 4) is 5.75 Å². The van der Waals surface area contributed by atoms with Crippen LogP contribution in [0.4, 0.5) is 0 Å². The molecular weight excluding hydrogens is 214 g/mol. The van der Waals surface area contributed by atoms with Crippen molar-refractivity contribution >= 4 is 0 Å². The van der Waals surface area contributed by atoms with Gasteiger partial charge in [0.1, 0.15) is 5.75 Å². The summed E-state index contributed by atoms with van der Waals surface area (Å²) in [5.41, 5.74) is 8.09. The zero-order valence-electron chi connectivity index (χ0n) is 11.4. The van der Waals surface area contributed by atoms with E-state index in [0.29, 0.717) is 6.54 Å². The lowest BCUT2D eigenvalue weighted by Crippen LogP contribution is -2.17. The molecule has 0 aliphatic carbocycles. The quantitative estimate of drug-likeness (QED) is 0.875. The van der Waals surface area contributed by atoms with E-state index in [1.54, 1.807) is 14.2 Å². The Hall–Kier alpha value is -1.06. The molecule has 0 amide bonds. The third-order valence-corrected chi connectivity index (χ3v) is 2.94. The highest BCUT2D eigenvalue weighted by molar-refractivity contribution is 5.41. The van der Waals surface area contributed by atoms with E-state index >= 15 is 0 Å². The first-order valence-corrected chi connectivity index (χ1v) is 5.85. The van der Waals surface area contributed by atoms with Gasteiger partial charge in [-0.25, -0.2) is 0 Å². The molecule has 0 heterocycles. The zero-order chi connectivity index (χ0) is 13.1. The lowest BCUT2D eigenvalue weighted by molar-refractivity contribution is 0.108. The maximum atomic E-state index is 5.72. The van der Waals surface area contributed by atoms with Crippen LogP contribution in [0.2, 0.25) is 0 Å². The van der Waals surface area contributed by atoms with Crippen LogP contribution in [0, 0.1) is 0 Å². The van der Waals surface area contributed by atoms with Gasteiger partial charge in [-0.15, -0.1) is 0 Å². The van der Waals surface area contributed by atoms with Gasteiger partial charge in [0, 0.05) is 19.2 Å². The van der Waals surface area contributed by atoms with Gasteiger partial charge < -0.3 is 15.2 Å². The molecule has 96 valence electrons. The second-order valence-corrected chi connectivity index (χ2v) is 5.17. The van der Waals surface area contributed by atoms with E-state index in [4.69, 9.17) is 15.2 Å². The summed E-state index contributed by atoms with van der Waals surface area (Å²) in [4.78, 5) is 0. The normalized spacial score (nSPS) is 13.5. The van der Waals surface area contributed by atoms with E-state index in [0.717, 1.165) is 11.3 Å². The molecule has 0 aliphatic rings. The number of hydrogen-bond acceptors (Lipinski definition) is 3. The van der Waals surface area contributed by atoms with Crippen molar-refractivity contribution in [2.75, 3.05) is 20.8 Å². The van der Waals surface area contributed by atoms with Crippen LogP contribution in [-0.2, 0) is 10.2 Å². The Morgan fingerprint density at radius 3 is 2.29 bits per heavy atom. The van der Waals surface area contributed by atoms with Gasteiger partial charge in [0.25, 0.3) is 0 Å². The van der Waals surface area contributed by atoms with Crippen molar-refractivity contribution in [3.05, 3.63) is 29.3 Å². The Kier molecular flexibility index (Phi) is 4.54. The Bertz CT molecular complexity index is 365. The van der Waals surface area contributed by atoms with Crippen molar-refractivity contribution < 1.29 is 9.47 Å². The molecule has 1 unspecified atom stereocenters. The molecular formula is C14H23NO2. The van der Waals surface area contributed by atoms with Crippen LogP contribution >= 0.6 is 0 Å². The highest BCUT2D eigenvalue weighted by Gasteiger charge is 2.19. The maximum Gasteiger partial charge on any atom is 0.124 e. The molecule has 3 heteroatoms. The molecule has 0 spiro atoms. The second-order valence-electron chi connectivity index (χ2n) is 5.17. The SMILES string of the molecule is COc1ccc(C(C)(C)C)cc1C(CN)OC. The summed E-state index contributed by atoms with van der Waals surface area (Å²) in [6, 6.07) is 6.20. The molecule has 0 bridgehead atoms. The van der Waals surface area contributed by atoms with Gasteiger partial charge in [-0.05, 0) is 23.1 Å². The van der Waals surface area contributed by atoms with Crippen molar-refractivity contribution in [2.45, 2.75) is 32.3 Å². The Labute approximate surface area is 104 Å². The molecule has 1 aromatic carbocycles. The summed E-state index contributed by atoms with van der Waals surface area (Å²) in [6.07, 6.45) is -0.118. The second kappa shape index (κ2) is 5.52. The van der Waals surface area contributed by atoms with Gasteiger partial charge in [0.15, 0.2) is 0 Å². The third-order valence-electron chi connectivity index (χ3n) is 2.94. The van der Waals surface area contributed by atoms with Crippen LogP contribution in [0.5, 0.6) is 5.75 Å². The smallest absolute Gasteiger partial charge is 0.124 e. The molecule has 0 fully saturated rings. The number of methoxy groups -OCH3 is 2. The van der Waals surface area contributed by atoms with E-state index in [1.807, 2.05) is 6.07 Å². The molecule has 1 rings (SSSR count). The number of benzene rings is 1. The molecule has 0 radical (unpaired) electrons. The Balaban J connectivity index is 3.24.